The third-order valence-corrected chi connectivity index (χ3v) is 5.89. The van der Waals surface area contributed by atoms with Crippen LogP contribution in [-0.2, 0) is 9.31 Å². The number of nitrogens with zero attached hydrogens (tertiary/aromatic N) is 1. The maximum absolute atomic E-state index is 6.31. The van der Waals surface area contributed by atoms with Crippen molar-refractivity contribution in [3.8, 4) is 28.1 Å². The van der Waals surface area contributed by atoms with Gasteiger partial charge in [0.2, 0.25) is 0 Å². The first kappa shape index (κ1) is 19.7. The minimum absolute atomic E-state index is 0.406. The molecule has 0 N–H and O–H groups in total. The summed E-state index contributed by atoms with van der Waals surface area (Å²) in [6.45, 7) is 8.25. The predicted octanol–water partition coefficient (Wildman–Crippen LogP) is 4.72. The monoisotopic (exact) mass is 387 g/mol. The zero-order valence-electron chi connectivity index (χ0n) is 17.6. The molecule has 29 heavy (non-hydrogen) atoms. The average molecular weight is 387 g/mol. The summed E-state index contributed by atoms with van der Waals surface area (Å²) in [4.78, 5) is 4.74. The molecule has 1 aliphatic heterocycles. The van der Waals surface area contributed by atoms with Crippen LogP contribution < -0.4 is 10.2 Å². The molecule has 0 bridgehead atoms. The van der Waals surface area contributed by atoms with Gasteiger partial charge in [0.1, 0.15) is 5.75 Å². The molecule has 0 saturated carbocycles. The molecule has 0 radical (unpaired) electrons. The van der Waals surface area contributed by atoms with E-state index in [0.717, 1.165) is 33.6 Å². The lowest BCUT2D eigenvalue weighted by Crippen LogP contribution is -2.41. The van der Waals surface area contributed by atoms with Crippen LogP contribution in [0, 0.1) is 0 Å². The van der Waals surface area contributed by atoms with Crippen molar-refractivity contribution in [2.24, 2.45) is 0 Å². The lowest BCUT2D eigenvalue weighted by Gasteiger charge is -2.32. The van der Waals surface area contributed by atoms with Gasteiger partial charge in [0.25, 0.3) is 0 Å². The average Bonchev–Trinajstić information content (AvgIpc) is 2.95. The quantitative estimate of drug-likeness (QED) is 0.608. The topological polar surface area (TPSA) is 40.6 Å². The van der Waals surface area contributed by atoms with E-state index in [4.69, 9.17) is 19.0 Å². The van der Waals surface area contributed by atoms with Crippen molar-refractivity contribution < 1.29 is 14.0 Å². The molecule has 0 amide bonds. The number of rotatable bonds is 4. The van der Waals surface area contributed by atoms with Crippen molar-refractivity contribution in [2.75, 3.05) is 7.11 Å². The van der Waals surface area contributed by atoms with Crippen LogP contribution in [-0.4, -0.2) is 30.4 Å². The summed E-state index contributed by atoms with van der Waals surface area (Å²) in [5, 5.41) is 0. The third kappa shape index (κ3) is 3.68. The molecule has 4 rings (SSSR count). The largest absolute Gasteiger partial charge is 0.497 e. The molecule has 3 aromatic rings. The lowest BCUT2D eigenvalue weighted by atomic mass is 9.75. The van der Waals surface area contributed by atoms with E-state index in [0.29, 0.717) is 0 Å². The Kier molecular flexibility index (Phi) is 4.97. The van der Waals surface area contributed by atoms with Crippen LogP contribution >= 0.6 is 0 Å². The van der Waals surface area contributed by atoms with Gasteiger partial charge in [-0.25, -0.2) is 0 Å². The second-order valence-corrected chi connectivity index (χ2v) is 8.34. The summed E-state index contributed by atoms with van der Waals surface area (Å²) in [5.41, 5.74) is 4.15. The summed E-state index contributed by atoms with van der Waals surface area (Å²) in [5.74, 6) is 0.806. The van der Waals surface area contributed by atoms with Crippen molar-refractivity contribution in [3.63, 3.8) is 0 Å². The first-order valence-electron chi connectivity index (χ1n) is 9.86. The molecule has 0 aliphatic carbocycles. The van der Waals surface area contributed by atoms with Crippen LogP contribution in [0.15, 0.2) is 66.9 Å². The third-order valence-electron chi connectivity index (χ3n) is 5.89. The molecule has 0 atom stereocenters. The van der Waals surface area contributed by atoms with E-state index in [1.54, 1.807) is 7.11 Å². The zero-order chi connectivity index (χ0) is 20.6. The number of pyridine rings is 1. The van der Waals surface area contributed by atoms with E-state index < -0.39 is 18.3 Å². The van der Waals surface area contributed by atoms with Crippen LogP contribution in [0.3, 0.4) is 0 Å². The highest BCUT2D eigenvalue weighted by Crippen LogP contribution is 2.37. The van der Waals surface area contributed by atoms with Crippen LogP contribution in [0.1, 0.15) is 27.7 Å². The molecule has 4 nitrogen and oxygen atoms in total. The summed E-state index contributed by atoms with van der Waals surface area (Å²) in [6, 6.07) is 20.3. The molecule has 0 spiro atoms. The van der Waals surface area contributed by atoms with Crippen LogP contribution in [0.4, 0.5) is 0 Å². The van der Waals surface area contributed by atoms with Gasteiger partial charge in [0.05, 0.1) is 24.0 Å². The highest BCUT2D eigenvalue weighted by molar-refractivity contribution is 6.63. The Morgan fingerprint density at radius 1 is 0.828 bits per heavy atom. The minimum Gasteiger partial charge on any atom is -0.497 e. The SMILES string of the molecule is COc1cccc(-c2cc(-c3ccccc3)c(B3OC(C)(C)C(C)(C)O3)cn2)c1. The Balaban J connectivity index is 1.82. The standard InChI is InChI=1S/C24H26BNO3/c1-23(2)24(3,4)29-25(28-23)21-16-26-22(18-12-9-13-19(14-18)27-5)15-20(21)17-10-7-6-8-11-17/h6-16H,1-5H3. The molecule has 1 aliphatic rings. The van der Waals surface area contributed by atoms with Crippen molar-refractivity contribution in [1.29, 1.82) is 0 Å². The molecular weight excluding hydrogens is 361 g/mol. The second-order valence-electron chi connectivity index (χ2n) is 8.34. The van der Waals surface area contributed by atoms with Crippen molar-refractivity contribution in [2.45, 2.75) is 38.9 Å². The maximum atomic E-state index is 6.31. The summed E-state index contributed by atoms with van der Waals surface area (Å²) in [6.07, 6.45) is 1.87. The van der Waals surface area contributed by atoms with Gasteiger partial charge in [-0.05, 0) is 57.0 Å². The van der Waals surface area contributed by atoms with Gasteiger partial charge < -0.3 is 14.0 Å². The normalized spacial score (nSPS) is 17.3. The van der Waals surface area contributed by atoms with E-state index in [9.17, 15) is 0 Å². The Morgan fingerprint density at radius 2 is 1.48 bits per heavy atom. The van der Waals surface area contributed by atoms with Crippen molar-refractivity contribution in [1.82, 2.24) is 4.98 Å². The van der Waals surface area contributed by atoms with E-state index in [-0.39, 0.29) is 0 Å². The summed E-state index contributed by atoms with van der Waals surface area (Å²) in [7, 11) is 1.20. The zero-order valence-corrected chi connectivity index (χ0v) is 17.6. The van der Waals surface area contributed by atoms with Gasteiger partial charge in [-0.1, -0.05) is 42.5 Å². The Morgan fingerprint density at radius 3 is 2.14 bits per heavy atom. The number of benzene rings is 2. The minimum atomic E-state index is -0.470. The predicted molar refractivity (Wildman–Crippen MR) is 117 cm³/mol. The molecule has 1 aromatic heterocycles. The van der Waals surface area contributed by atoms with Crippen molar-refractivity contribution >= 4 is 12.6 Å². The fourth-order valence-electron chi connectivity index (χ4n) is 3.43. The summed E-state index contributed by atoms with van der Waals surface area (Å²) >= 11 is 0. The Hall–Kier alpha value is -2.63. The fourth-order valence-corrected chi connectivity index (χ4v) is 3.43. The van der Waals surface area contributed by atoms with Crippen molar-refractivity contribution in [3.05, 3.63) is 66.9 Å². The molecule has 148 valence electrons. The van der Waals surface area contributed by atoms with Crippen LogP contribution in [0.25, 0.3) is 22.4 Å². The lowest BCUT2D eigenvalue weighted by molar-refractivity contribution is 0.00578. The summed E-state index contributed by atoms with van der Waals surface area (Å²) < 4.78 is 18.0. The molecule has 2 aromatic carbocycles. The van der Waals surface area contributed by atoms with Crippen LogP contribution in [0.2, 0.25) is 0 Å². The van der Waals surface area contributed by atoms with E-state index in [1.807, 2.05) is 48.7 Å². The Bertz CT molecular complexity index is 1000. The van der Waals surface area contributed by atoms with E-state index in [1.165, 1.54) is 0 Å². The highest BCUT2D eigenvalue weighted by Gasteiger charge is 2.52. The highest BCUT2D eigenvalue weighted by atomic mass is 16.7. The van der Waals surface area contributed by atoms with Gasteiger partial charge in [0.15, 0.2) is 0 Å². The fraction of sp³-hybridized carbons (Fsp3) is 0.292. The number of aromatic nitrogens is 1. The van der Waals surface area contributed by atoms with Gasteiger partial charge in [-0.3, -0.25) is 4.98 Å². The van der Waals surface area contributed by atoms with Gasteiger partial charge in [-0.15, -0.1) is 0 Å². The maximum Gasteiger partial charge on any atom is 0.497 e. The molecule has 1 saturated heterocycles. The number of hydrogen-bond donors (Lipinski definition) is 0. The molecule has 0 unspecified atom stereocenters. The smallest absolute Gasteiger partial charge is 0.497 e. The van der Waals surface area contributed by atoms with Crippen LogP contribution in [0.5, 0.6) is 5.75 Å². The second kappa shape index (κ2) is 7.32. The number of ether oxygens (including phenoxy) is 1. The first-order valence-corrected chi connectivity index (χ1v) is 9.86. The number of methoxy groups -OCH3 is 1. The molecule has 5 heteroatoms. The van der Waals surface area contributed by atoms with Gasteiger partial charge >= 0.3 is 7.12 Å². The molecular formula is C24H26BNO3. The van der Waals surface area contributed by atoms with Gasteiger partial charge in [-0.2, -0.15) is 0 Å². The molecule has 1 fully saturated rings. The number of hydrogen-bond acceptors (Lipinski definition) is 4. The first-order chi connectivity index (χ1) is 13.8. The molecule has 2 heterocycles. The van der Waals surface area contributed by atoms with E-state index in [2.05, 4.69) is 45.9 Å². The Labute approximate surface area is 173 Å². The van der Waals surface area contributed by atoms with E-state index >= 15 is 0 Å². The van der Waals surface area contributed by atoms with Gasteiger partial charge in [0, 0.05) is 17.2 Å².